The van der Waals surface area contributed by atoms with Crippen molar-refractivity contribution in [3.8, 4) is 11.5 Å². The maximum Gasteiger partial charge on any atom is 0.231 e. The number of carbonyl (C=O) groups is 1. The molecule has 0 aliphatic carbocycles. The first-order valence-corrected chi connectivity index (χ1v) is 6.34. The van der Waals surface area contributed by atoms with Gasteiger partial charge in [-0.1, -0.05) is 6.07 Å². The Morgan fingerprint density at radius 3 is 3.05 bits per heavy atom. The number of hydrogen-bond donors (Lipinski definition) is 1. The Bertz CT molecular complexity index is 636. The minimum Gasteiger partial charge on any atom is -0.454 e. The van der Waals surface area contributed by atoms with Gasteiger partial charge in [-0.3, -0.25) is 4.79 Å². The molecule has 2 aromatic rings. The molecule has 1 N–H and O–H groups in total. The van der Waals surface area contributed by atoms with E-state index in [0.29, 0.717) is 6.54 Å². The van der Waals surface area contributed by atoms with E-state index < -0.39 is 0 Å². The monoisotopic (exact) mass is 273 g/mol. The second-order valence-electron chi connectivity index (χ2n) is 4.60. The molecular weight excluding hydrogens is 258 g/mol. The van der Waals surface area contributed by atoms with Crippen LogP contribution in [0.2, 0.25) is 0 Å². The van der Waals surface area contributed by atoms with Crippen molar-refractivity contribution in [2.75, 3.05) is 6.79 Å². The van der Waals surface area contributed by atoms with Crippen molar-refractivity contribution in [2.45, 2.75) is 13.0 Å². The molecular formula is C14H15N3O3. The summed E-state index contributed by atoms with van der Waals surface area (Å²) in [7, 11) is 1.87. The molecule has 3 rings (SSSR count). The van der Waals surface area contributed by atoms with E-state index >= 15 is 0 Å². The summed E-state index contributed by atoms with van der Waals surface area (Å²) in [5.74, 6) is 2.15. The largest absolute Gasteiger partial charge is 0.454 e. The molecule has 0 radical (unpaired) electrons. The van der Waals surface area contributed by atoms with Gasteiger partial charge in [0, 0.05) is 26.0 Å². The molecule has 1 aromatic heterocycles. The Hall–Kier alpha value is -2.50. The molecule has 0 saturated heterocycles. The van der Waals surface area contributed by atoms with Crippen molar-refractivity contribution in [1.29, 1.82) is 0 Å². The molecule has 20 heavy (non-hydrogen) atoms. The molecule has 0 bridgehead atoms. The summed E-state index contributed by atoms with van der Waals surface area (Å²) >= 11 is 0. The number of rotatable bonds is 4. The van der Waals surface area contributed by atoms with Gasteiger partial charge < -0.3 is 19.4 Å². The lowest BCUT2D eigenvalue weighted by atomic mass is 10.2. The molecule has 0 fully saturated rings. The van der Waals surface area contributed by atoms with Crippen molar-refractivity contribution in [3.63, 3.8) is 0 Å². The van der Waals surface area contributed by atoms with Crippen LogP contribution < -0.4 is 14.8 Å². The maximum atomic E-state index is 11.8. The van der Waals surface area contributed by atoms with Crippen LogP contribution in [-0.4, -0.2) is 22.3 Å². The molecule has 6 nitrogen and oxygen atoms in total. The average molecular weight is 273 g/mol. The molecule has 104 valence electrons. The highest BCUT2D eigenvalue weighted by atomic mass is 16.7. The molecule has 0 spiro atoms. The molecule has 0 saturated carbocycles. The van der Waals surface area contributed by atoms with Gasteiger partial charge in [0.05, 0.1) is 6.42 Å². The lowest BCUT2D eigenvalue weighted by molar-refractivity contribution is -0.120. The van der Waals surface area contributed by atoms with Gasteiger partial charge in [-0.05, 0) is 17.7 Å². The van der Waals surface area contributed by atoms with E-state index in [4.69, 9.17) is 9.47 Å². The smallest absolute Gasteiger partial charge is 0.231 e. The highest BCUT2D eigenvalue weighted by molar-refractivity contribution is 5.77. The number of aryl methyl sites for hydroxylation is 1. The first-order valence-electron chi connectivity index (χ1n) is 6.34. The topological polar surface area (TPSA) is 65.4 Å². The third-order valence-electron chi connectivity index (χ3n) is 3.17. The van der Waals surface area contributed by atoms with Gasteiger partial charge in [0.1, 0.15) is 5.82 Å². The zero-order valence-electron chi connectivity index (χ0n) is 11.1. The van der Waals surface area contributed by atoms with E-state index in [-0.39, 0.29) is 19.1 Å². The summed E-state index contributed by atoms with van der Waals surface area (Å²) in [5, 5.41) is 2.87. The molecule has 1 amide bonds. The van der Waals surface area contributed by atoms with Gasteiger partial charge in [0.2, 0.25) is 12.7 Å². The number of benzene rings is 1. The number of fused-ring (bicyclic) bond motifs is 1. The zero-order chi connectivity index (χ0) is 13.9. The first-order chi connectivity index (χ1) is 9.72. The van der Waals surface area contributed by atoms with E-state index in [1.165, 1.54) is 0 Å². The lowest BCUT2D eigenvalue weighted by Gasteiger charge is -2.06. The fraction of sp³-hybridized carbons (Fsp3) is 0.286. The van der Waals surface area contributed by atoms with Crippen LogP contribution >= 0.6 is 0 Å². The zero-order valence-corrected chi connectivity index (χ0v) is 11.1. The predicted octanol–water partition coefficient (Wildman–Crippen LogP) is 1.01. The number of ether oxygens (including phenoxy) is 2. The van der Waals surface area contributed by atoms with Crippen molar-refractivity contribution in [1.82, 2.24) is 14.9 Å². The van der Waals surface area contributed by atoms with Gasteiger partial charge in [-0.25, -0.2) is 4.98 Å². The summed E-state index contributed by atoms with van der Waals surface area (Å²) in [5.41, 5.74) is 0.974. The Balaban J connectivity index is 1.57. The minimum atomic E-state index is -0.0584. The number of imidazole rings is 1. The summed E-state index contributed by atoms with van der Waals surface area (Å²) in [4.78, 5) is 16.0. The summed E-state index contributed by atoms with van der Waals surface area (Å²) in [6, 6.07) is 5.64. The second kappa shape index (κ2) is 5.24. The van der Waals surface area contributed by atoms with Gasteiger partial charge in [0.25, 0.3) is 0 Å². The summed E-state index contributed by atoms with van der Waals surface area (Å²) in [6.45, 7) is 0.713. The van der Waals surface area contributed by atoms with Gasteiger partial charge in [-0.15, -0.1) is 0 Å². The number of nitrogens with zero attached hydrogens (tertiary/aromatic N) is 2. The van der Waals surface area contributed by atoms with Crippen molar-refractivity contribution < 1.29 is 14.3 Å². The number of hydrogen-bond acceptors (Lipinski definition) is 4. The summed E-state index contributed by atoms with van der Waals surface area (Å²) < 4.78 is 12.4. The van der Waals surface area contributed by atoms with Crippen LogP contribution in [0.4, 0.5) is 0 Å². The number of carbonyl (C=O) groups excluding carboxylic acids is 1. The van der Waals surface area contributed by atoms with Gasteiger partial charge in [0.15, 0.2) is 11.5 Å². The highest BCUT2D eigenvalue weighted by Gasteiger charge is 2.13. The van der Waals surface area contributed by atoms with Crippen molar-refractivity contribution in [2.24, 2.45) is 7.05 Å². The Kier molecular flexibility index (Phi) is 3.28. The van der Waals surface area contributed by atoms with Crippen LogP contribution in [0.1, 0.15) is 11.4 Å². The molecule has 1 aromatic carbocycles. The minimum absolute atomic E-state index is 0.0584. The normalized spacial score (nSPS) is 12.4. The highest BCUT2D eigenvalue weighted by Crippen LogP contribution is 2.32. The SMILES string of the molecule is Cn1ccnc1CC(=O)NCc1ccc2c(c1)OCO2. The fourth-order valence-electron chi connectivity index (χ4n) is 2.02. The quantitative estimate of drug-likeness (QED) is 0.903. The molecule has 6 heteroatoms. The van der Waals surface area contributed by atoms with Crippen LogP contribution in [0.5, 0.6) is 11.5 Å². The summed E-state index contributed by atoms with van der Waals surface area (Å²) in [6.07, 6.45) is 3.77. The molecule has 0 unspecified atom stereocenters. The van der Waals surface area contributed by atoms with Crippen LogP contribution in [0.3, 0.4) is 0 Å². The Morgan fingerprint density at radius 1 is 1.40 bits per heavy atom. The Labute approximate surface area is 116 Å². The fourth-order valence-corrected chi connectivity index (χ4v) is 2.02. The third-order valence-corrected chi connectivity index (χ3v) is 3.17. The number of nitrogens with one attached hydrogen (secondary N) is 1. The van der Waals surface area contributed by atoms with Crippen molar-refractivity contribution >= 4 is 5.91 Å². The predicted molar refractivity (Wildman–Crippen MR) is 71.3 cm³/mol. The molecule has 1 aliphatic heterocycles. The lowest BCUT2D eigenvalue weighted by Crippen LogP contribution is -2.25. The van der Waals surface area contributed by atoms with Gasteiger partial charge >= 0.3 is 0 Å². The van der Waals surface area contributed by atoms with Crippen LogP contribution in [-0.2, 0) is 24.8 Å². The second-order valence-corrected chi connectivity index (χ2v) is 4.60. The number of aromatic nitrogens is 2. The molecule has 1 aliphatic rings. The average Bonchev–Trinajstić information content (AvgIpc) is 3.05. The first kappa shape index (κ1) is 12.5. The molecule has 0 atom stereocenters. The van der Waals surface area contributed by atoms with E-state index in [9.17, 15) is 4.79 Å². The van der Waals surface area contributed by atoms with Crippen LogP contribution in [0.25, 0.3) is 0 Å². The maximum absolute atomic E-state index is 11.8. The van der Waals surface area contributed by atoms with Gasteiger partial charge in [-0.2, -0.15) is 0 Å². The number of amides is 1. The standard InChI is InChI=1S/C14H15N3O3/c1-17-5-4-15-13(17)7-14(18)16-8-10-2-3-11-12(6-10)20-9-19-11/h2-6H,7-9H2,1H3,(H,16,18). The molecule has 2 heterocycles. The Morgan fingerprint density at radius 2 is 2.25 bits per heavy atom. The van der Waals surface area contributed by atoms with E-state index in [1.54, 1.807) is 6.20 Å². The van der Waals surface area contributed by atoms with Crippen LogP contribution in [0.15, 0.2) is 30.6 Å². The van der Waals surface area contributed by atoms with Crippen molar-refractivity contribution in [3.05, 3.63) is 42.0 Å². The third kappa shape index (κ3) is 2.59. The van der Waals surface area contributed by atoms with Crippen LogP contribution in [0, 0.1) is 0 Å². The van der Waals surface area contributed by atoms with E-state index in [0.717, 1.165) is 22.9 Å². The van der Waals surface area contributed by atoms with E-state index in [2.05, 4.69) is 10.3 Å². The van der Waals surface area contributed by atoms with E-state index in [1.807, 2.05) is 36.0 Å².